The standard InChI is InChI=1S/C52H37N5SSi/c1-52-32-30-43-47(48(52)41-26-16-33-53-50(41)57(52)35-17-5-2-6-18-35)40-24-11-13-27-42(40)56(43)51-54-34-31-46(55-51)59(36-19-7-3-8-20-36,37-21-9-4-10-22-37)45-29-15-25-39-38-23-12-14-28-44(38)58-49(39)45/h2-34,48H,1H3. The molecule has 2 atom stereocenters. The van der Waals surface area contributed by atoms with Crippen LogP contribution in [0.15, 0.2) is 194 Å². The predicted molar refractivity (Wildman–Crippen MR) is 247 cm³/mol. The van der Waals surface area contributed by atoms with Crippen molar-refractivity contribution in [1.82, 2.24) is 19.5 Å². The Morgan fingerprint density at radius 3 is 2.07 bits per heavy atom. The minimum atomic E-state index is -3.09. The number of thiophene rings is 1. The van der Waals surface area contributed by atoms with Crippen LogP contribution < -0.4 is 25.8 Å². The Bertz CT molecular complexity index is 3230. The van der Waals surface area contributed by atoms with Crippen molar-refractivity contribution in [2.45, 2.75) is 18.4 Å². The molecule has 0 N–H and O–H groups in total. The fourth-order valence-electron chi connectivity index (χ4n) is 10.3. The number of aromatic nitrogens is 4. The molecule has 0 amide bonds. The Balaban J connectivity index is 1.14. The SMILES string of the molecule is CC12C=Cc3c(c4ccccc4n3-c3nccc([Si](c4ccccc4)(c4ccccc4)c4cccc5c4sc4ccccc45)n3)C1c1cccnc1N2c1ccccc1. The molecule has 59 heavy (non-hydrogen) atoms. The molecule has 0 saturated heterocycles. The molecule has 0 fully saturated rings. The topological polar surface area (TPSA) is 46.8 Å². The Hall–Kier alpha value is -6.93. The third kappa shape index (κ3) is 4.80. The van der Waals surface area contributed by atoms with E-state index in [4.69, 9.17) is 15.0 Å². The molecule has 12 rings (SSSR count). The molecule has 2 unspecified atom stereocenters. The molecule has 10 aromatic rings. The number of rotatable bonds is 6. The first-order valence-corrected chi connectivity index (χ1v) is 23.0. The molecular weight excluding hydrogens is 755 g/mol. The van der Waals surface area contributed by atoms with Gasteiger partial charge in [-0.25, -0.2) is 15.0 Å². The molecule has 280 valence electrons. The number of benzene rings is 6. The van der Waals surface area contributed by atoms with Crippen LogP contribution in [0.5, 0.6) is 0 Å². The molecule has 1 aliphatic carbocycles. The highest BCUT2D eigenvalue weighted by Crippen LogP contribution is 2.58. The quantitative estimate of drug-likeness (QED) is 0.124. The van der Waals surface area contributed by atoms with Gasteiger partial charge in [-0.2, -0.15) is 0 Å². The summed E-state index contributed by atoms with van der Waals surface area (Å²) in [5, 5.41) is 8.73. The van der Waals surface area contributed by atoms with E-state index < -0.39 is 13.6 Å². The predicted octanol–water partition coefficient (Wildman–Crippen LogP) is 9.63. The van der Waals surface area contributed by atoms with Crippen LogP contribution in [0.4, 0.5) is 11.5 Å². The summed E-state index contributed by atoms with van der Waals surface area (Å²) < 4.78 is 4.91. The van der Waals surface area contributed by atoms with Crippen molar-refractivity contribution in [2.75, 3.05) is 4.90 Å². The fourth-order valence-corrected chi connectivity index (χ4v) is 16.7. The van der Waals surface area contributed by atoms with Crippen LogP contribution in [-0.4, -0.2) is 33.1 Å². The van der Waals surface area contributed by atoms with E-state index in [-0.39, 0.29) is 5.92 Å². The van der Waals surface area contributed by atoms with Crippen LogP contribution in [0, 0.1) is 0 Å². The molecule has 1 aliphatic heterocycles. The first-order chi connectivity index (χ1) is 29.2. The second-order valence-corrected chi connectivity index (χ2v) is 20.5. The Kier molecular flexibility index (Phi) is 7.55. The zero-order valence-corrected chi connectivity index (χ0v) is 34.1. The molecule has 0 spiro atoms. The van der Waals surface area contributed by atoms with Crippen LogP contribution >= 0.6 is 11.3 Å². The summed E-state index contributed by atoms with van der Waals surface area (Å²) in [6.45, 7) is 2.35. The van der Waals surface area contributed by atoms with Crippen molar-refractivity contribution in [3.63, 3.8) is 0 Å². The normalized spacial score (nSPS) is 17.0. The van der Waals surface area contributed by atoms with Gasteiger partial charge in [0.2, 0.25) is 14.0 Å². The van der Waals surface area contributed by atoms with Crippen molar-refractivity contribution >= 4 is 88.9 Å². The first kappa shape index (κ1) is 34.1. The number of pyridine rings is 1. The number of fused-ring (bicyclic) bond motifs is 10. The lowest BCUT2D eigenvalue weighted by Crippen LogP contribution is -2.75. The lowest BCUT2D eigenvalue weighted by molar-refractivity contribution is 0.532. The van der Waals surface area contributed by atoms with Gasteiger partial charge in [0.05, 0.1) is 16.7 Å². The van der Waals surface area contributed by atoms with E-state index in [1.54, 1.807) is 0 Å². The Morgan fingerprint density at radius 2 is 1.29 bits per heavy atom. The van der Waals surface area contributed by atoms with E-state index in [9.17, 15) is 0 Å². The maximum absolute atomic E-state index is 5.81. The van der Waals surface area contributed by atoms with Crippen LogP contribution in [0.3, 0.4) is 0 Å². The summed E-state index contributed by atoms with van der Waals surface area (Å²) in [7, 11) is -3.09. The lowest BCUT2D eigenvalue weighted by Gasteiger charge is -2.40. The summed E-state index contributed by atoms with van der Waals surface area (Å²) in [4.78, 5) is 18.4. The highest BCUT2D eigenvalue weighted by molar-refractivity contribution is 7.30. The molecule has 5 nitrogen and oxygen atoms in total. The van der Waals surface area contributed by atoms with Crippen LogP contribution in [0.25, 0.3) is 43.1 Å². The van der Waals surface area contributed by atoms with Gasteiger partial charge in [0.25, 0.3) is 0 Å². The highest BCUT2D eigenvalue weighted by atomic mass is 32.1. The van der Waals surface area contributed by atoms with Crippen LogP contribution in [0.1, 0.15) is 29.7 Å². The third-order valence-corrected chi connectivity index (χ3v) is 18.8. The van der Waals surface area contributed by atoms with Gasteiger partial charge in [-0.15, -0.1) is 11.3 Å². The zero-order valence-electron chi connectivity index (χ0n) is 32.3. The number of anilines is 2. The smallest absolute Gasteiger partial charge is 0.234 e. The minimum absolute atomic E-state index is 0.0217. The minimum Gasteiger partial charge on any atom is -0.316 e. The zero-order chi connectivity index (χ0) is 39.1. The molecule has 2 aliphatic rings. The van der Waals surface area contributed by atoms with Gasteiger partial charge in [0.1, 0.15) is 5.82 Å². The monoisotopic (exact) mass is 791 g/mol. The van der Waals surface area contributed by atoms with Gasteiger partial charge in [-0.05, 0) is 70.5 Å². The molecular formula is C52H37N5SSi. The third-order valence-electron chi connectivity index (χ3n) is 12.7. The van der Waals surface area contributed by atoms with Gasteiger partial charge in [-0.3, -0.25) is 4.57 Å². The van der Waals surface area contributed by atoms with Crippen LogP contribution in [-0.2, 0) is 0 Å². The van der Waals surface area contributed by atoms with Gasteiger partial charge in [0.15, 0.2) is 0 Å². The number of para-hydroxylation sites is 2. The molecule has 6 aromatic carbocycles. The maximum atomic E-state index is 5.81. The average molecular weight is 792 g/mol. The fraction of sp³-hybridized carbons (Fsp3) is 0.0577. The summed E-state index contributed by atoms with van der Waals surface area (Å²) in [6, 6.07) is 63.9. The maximum Gasteiger partial charge on any atom is 0.234 e. The van der Waals surface area contributed by atoms with E-state index in [1.165, 1.54) is 52.2 Å². The van der Waals surface area contributed by atoms with Crippen LogP contribution in [0.2, 0.25) is 0 Å². The van der Waals surface area contributed by atoms with E-state index in [2.05, 4.69) is 204 Å². The van der Waals surface area contributed by atoms with Gasteiger partial charge >= 0.3 is 0 Å². The average Bonchev–Trinajstić information content (AvgIpc) is 3.93. The van der Waals surface area contributed by atoms with Gasteiger partial charge in [-0.1, -0.05) is 146 Å². The summed E-state index contributed by atoms with van der Waals surface area (Å²) in [6.07, 6.45) is 8.58. The lowest BCUT2D eigenvalue weighted by atomic mass is 9.74. The van der Waals surface area contributed by atoms with Gasteiger partial charge in [0, 0.05) is 60.4 Å². The molecule has 4 aromatic heterocycles. The molecule has 0 saturated carbocycles. The first-order valence-electron chi connectivity index (χ1n) is 20.1. The van der Waals surface area contributed by atoms with Crippen molar-refractivity contribution in [2.24, 2.45) is 0 Å². The largest absolute Gasteiger partial charge is 0.316 e. The number of nitrogens with zero attached hydrogens (tertiary/aromatic N) is 5. The second-order valence-electron chi connectivity index (χ2n) is 15.7. The Morgan fingerprint density at radius 1 is 0.610 bits per heavy atom. The molecule has 0 radical (unpaired) electrons. The van der Waals surface area contributed by atoms with E-state index in [1.807, 2.05) is 23.7 Å². The summed E-state index contributed by atoms with van der Waals surface area (Å²) >= 11 is 1.89. The number of hydrogen-bond acceptors (Lipinski definition) is 5. The van der Waals surface area contributed by atoms with Crippen molar-refractivity contribution in [3.8, 4) is 5.95 Å². The highest BCUT2D eigenvalue weighted by Gasteiger charge is 2.52. The second kappa shape index (κ2) is 13.0. The Labute approximate surface area is 347 Å². The van der Waals surface area contributed by atoms with E-state index >= 15 is 0 Å². The van der Waals surface area contributed by atoms with Gasteiger partial charge < -0.3 is 4.90 Å². The summed E-state index contributed by atoms with van der Waals surface area (Å²) in [5.41, 5.74) is 5.42. The van der Waals surface area contributed by atoms with Crippen molar-refractivity contribution in [3.05, 3.63) is 211 Å². The number of hydrogen-bond donors (Lipinski definition) is 0. The van der Waals surface area contributed by atoms with Crippen molar-refractivity contribution in [1.29, 1.82) is 0 Å². The molecule has 7 heteroatoms. The molecule has 0 bridgehead atoms. The molecule has 5 heterocycles. The van der Waals surface area contributed by atoms with E-state index in [0.717, 1.165) is 28.0 Å². The van der Waals surface area contributed by atoms with Crippen molar-refractivity contribution < 1.29 is 0 Å². The van der Waals surface area contributed by atoms with E-state index in [0.29, 0.717) is 5.95 Å². The summed E-state index contributed by atoms with van der Waals surface area (Å²) in [5.74, 6) is 1.69.